The highest BCUT2D eigenvalue weighted by atomic mass is 19.1. The lowest BCUT2D eigenvalue weighted by molar-refractivity contribution is -0.129. The molecular formula is C33H32FN9O4. The van der Waals surface area contributed by atoms with Crippen molar-refractivity contribution in [2.75, 3.05) is 42.2 Å². The molecule has 47 heavy (non-hydrogen) atoms. The number of benzene rings is 1. The van der Waals surface area contributed by atoms with Crippen LogP contribution < -0.4 is 26.2 Å². The second kappa shape index (κ2) is 11.9. The van der Waals surface area contributed by atoms with Crippen molar-refractivity contribution < 1.29 is 18.7 Å². The van der Waals surface area contributed by atoms with E-state index in [-0.39, 0.29) is 35.7 Å². The summed E-state index contributed by atoms with van der Waals surface area (Å²) in [5.41, 5.74) is 8.21. The number of nitrogens with two attached hydrogens (primary N) is 1. The minimum Gasteiger partial charge on any atom is -0.493 e. The van der Waals surface area contributed by atoms with Crippen LogP contribution in [0, 0.1) is 5.82 Å². The second-order valence-electron chi connectivity index (χ2n) is 11.5. The van der Waals surface area contributed by atoms with Crippen molar-refractivity contribution in [3.05, 3.63) is 82.7 Å². The molecule has 4 aromatic heterocycles. The fourth-order valence-electron chi connectivity index (χ4n) is 6.35. The smallest absolute Gasteiger partial charge is 0.272 e. The maximum absolute atomic E-state index is 13.5. The van der Waals surface area contributed by atoms with E-state index in [4.69, 9.17) is 15.5 Å². The standard InChI is InChI=1S/C33H32FN9O4/c1-3-47-24-12-13-43(25-10-6-20(34)17-36-25)33(46)29(24)32(45)37-21-7-4-19(5-8-21)23-16-26(38-31-28(23)30(35)39-40(31)2)41-14-15-42-22(18-41)9-11-27(42)44/h4-8,10,12-13,16-17,22H,3,9,11,14-15,18H2,1-2H3,(H2,35,39)(H,37,45)/t22-/m0/s1. The Morgan fingerprint density at radius 2 is 1.91 bits per heavy atom. The van der Waals surface area contributed by atoms with Gasteiger partial charge in [-0.3, -0.25) is 19.0 Å². The number of pyridine rings is 3. The predicted octanol–water partition coefficient (Wildman–Crippen LogP) is 3.36. The molecule has 2 amide bonds. The summed E-state index contributed by atoms with van der Waals surface area (Å²) in [6, 6.07) is 13.4. The molecule has 14 heteroatoms. The van der Waals surface area contributed by atoms with Crippen LogP contribution in [0.2, 0.25) is 0 Å². The minimum atomic E-state index is -0.669. The van der Waals surface area contributed by atoms with Crippen LogP contribution in [0.5, 0.6) is 5.75 Å². The Kier molecular flexibility index (Phi) is 7.54. The van der Waals surface area contributed by atoms with Crippen molar-refractivity contribution in [3.8, 4) is 22.7 Å². The molecule has 13 nitrogen and oxygen atoms in total. The van der Waals surface area contributed by atoms with E-state index in [1.165, 1.54) is 24.4 Å². The van der Waals surface area contributed by atoms with Crippen LogP contribution >= 0.6 is 0 Å². The number of piperazine rings is 1. The zero-order valence-electron chi connectivity index (χ0n) is 25.8. The van der Waals surface area contributed by atoms with Gasteiger partial charge in [-0.1, -0.05) is 12.1 Å². The summed E-state index contributed by atoms with van der Waals surface area (Å²) in [5, 5.41) is 7.93. The Morgan fingerprint density at radius 3 is 2.66 bits per heavy atom. The maximum Gasteiger partial charge on any atom is 0.272 e. The van der Waals surface area contributed by atoms with Gasteiger partial charge in [-0.15, -0.1) is 0 Å². The van der Waals surface area contributed by atoms with Gasteiger partial charge in [0.25, 0.3) is 11.5 Å². The lowest BCUT2D eigenvalue weighted by Crippen LogP contribution is -2.51. The van der Waals surface area contributed by atoms with E-state index in [9.17, 15) is 18.8 Å². The number of aromatic nitrogens is 5. The van der Waals surface area contributed by atoms with Gasteiger partial charge < -0.3 is 25.6 Å². The first-order valence-electron chi connectivity index (χ1n) is 15.3. The van der Waals surface area contributed by atoms with E-state index < -0.39 is 17.3 Å². The van der Waals surface area contributed by atoms with Crippen molar-refractivity contribution in [1.29, 1.82) is 0 Å². The molecule has 6 heterocycles. The zero-order valence-corrected chi connectivity index (χ0v) is 25.8. The first-order valence-corrected chi connectivity index (χ1v) is 15.3. The molecule has 2 aliphatic heterocycles. The van der Waals surface area contributed by atoms with E-state index in [2.05, 4.69) is 20.3 Å². The highest BCUT2D eigenvalue weighted by molar-refractivity contribution is 6.06. The summed E-state index contributed by atoms with van der Waals surface area (Å²) in [4.78, 5) is 52.3. The number of anilines is 3. The summed E-state index contributed by atoms with van der Waals surface area (Å²) in [7, 11) is 1.80. The lowest BCUT2D eigenvalue weighted by atomic mass is 10.0. The number of halogens is 1. The number of aryl methyl sites for hydroxylation is 1. The molecule has 3 N–H and O–H groups in total. The second-order valence-corrected chi connectivity index (χ2v) is 11.5. The summed E-state index contributed by atoms with van der Waals surface area (Å²) < 4.78 is 21.9. The third kappa shape index (κ3) is 5.41. The number of nitrogen functional groups attached to an aromatic ring is 1. The van der Waals surface area contributed by atoms with Crippen molar-refractivity contribution in [2.45, 2.75) is 25.8 Å². The molecule has 7 rings (SSSR count). The normalized spacial score (nSPS) is 16.1. The van der Waals surface area contributed by atoms with Gasteiger partial charge in [-0.2, -0.15) is 5.10 Å². The van der Waals surface area contributed by atoms with Crippen LogP contribution in [0.3, 0.4) is 0 Å². The number of fused-ring (bicyclic) bond motifs is 2. The van der Waals surface area contributed by atoms with Crippen LogP contribution in [-0.2, 0) is 11.8 Å². The van der Waals surface area contributed by atoms with E-state index in [1.807, 2.05) is 23.1 Å². The van der Waals surface area contributed by atoms with Gasteiger partial charge in [0, 0.05) is 56.6 Å². The Morgan fingerprint density at radius 1 is 1.11 bits per heavy atom. The molecule has 5 aromatic rings. The van der Waals surface area contributed by atoms with E-state index >= 15 is 0 Å². The number of ether oxygens (including phenoxy) is 1. The van der Waals surface area contributed by atoms with E-state index in [0.717, 1.165) is 34.1 Å². The third-order valence-electron chi connectivity index (χ3n) is 8.62. The lowest BCUT2D eigenvalue weighted by Gasteiger charge is -2.38. The summed E-state index contributed by atoms with van der Waals surface area (Å²) in [6.45, 7) is 4.00. The number of hydrogen-bond acceptors (Lipinski definition) is 9. The van der Waals surface area contributed by atoms with Crippen molar-refractivity contribution >= 4 is 40.2 Å². The number of nitrogens with one attached hydrogen (secondary N) is 1. The number of nitrogens with zero attached hydrogens (tertiary/aromatic N) is 7. The summed E-state index contributed by atoms with van der Waals surface area (Å²) >= 11 is 0. The molecule has 0 spiro atoms. The van der Waals surface area contributed by atoms with Gasteiger partial charge in [0.2, 0.25) is 5.91 Å². The van der Waals surface area contributed by atoms with Crippen molar-refractivity contribution in [2.24, 2.45) is 7.05 Å². The monoisotopic (exact) mass is 637 g/mol. The van der Waals surface area contributed by atoms with Crippen LogP contribution in [0.25, 0.3) is 28.0 Å². The SMILES string of the molecule is CCOc1ccn(-c2ccc(F)cn2)c(=O)c1C(=O)Nc1ccc(-c2cc(N3CCN4C(=O)CC[C@H]4C3)nc3c2c(N)nn3C)cc1. The predicted molar refractivity (Wildman–Crippen MR) is 174 cm³/mol. The Labute approximate surface area is 268 Å². The van der Waals surface area contributed by atoms with Gasteiger partial charge in [-0.25, -0.2) is 19.0 Å². The average Bonchev–Trinajstić information content (AvgIpc) is 3.59. The van der Waals surface area contributed by atoms with Gasteiger partial charge in [0.05, 0.1) is 18.2 Å². The fourth-order valence-corrected chi connectivity index (χ4v) is 6.35. The molecular weight excluding hydrogens is 605 g/mol. The zero-order chi connectivity index (χ0) is 32.8. The number of rotatable bonds is 7. The van der Waals surface area contributed by atoms with Crippen LogP contribution in [-0.4, -0.2) is 73.3 Å². The van der Waals surface area contributed by atoms with E-state index in [1.54, 1.807) is 30.8 Å². The molecule has 1 aromatic carbocycles. The summed E-state index contributed by atoms with van der Waals surface area (Å²) in [6.07, 6.45) is 3.84. The van der Waals surface area contributed by atoms with Crippen LogP contribution in [0.4, 0.5) is 21.7 Å². The molecule has 240 valence electrons. The highest BCUT2D eigenvalue weighted by Crippen LogP contribution is 2.36. The average molecular weight is 638 g/mol. The summed E-state index contributed by atoms with van der Waals surface area (Å²) in [5.74, 6) is 0.389. The maximum atomic E-state index is 13.5. The molecule has 2 aliphatic rings. The Balaban J connectivity index is 1.19. The minimum absolute atomic E-state index is 0.117. The first-order chi connectivity index (χ1) is 22.7. The van der Waals surface area contributed by atoms with Crippen LogP contribution in [0.1, 0.15) is 30.1 Å². The molecule has 0 saturated carbocycles. The van der Waals surface area contributed by atoms with Crippen LogP contribution in [0.15, 0.2) is 65.7 Å². The third-order valence-corrected chi connectivity index (χ3v) is 8.62. The quantitative estimate of drug-likeness (QED) is 0.274. The highest BCUT2D eigenvalue weighted by Gasteiger charge is 2.36. The molecule has 2 fully saturated rings. The largest absolute Gasteiger partial charge is 0.493 e. The topological polar surface area (TPSA) is 154 Å². The molecule has 0 bridgehead atoms. The van der Waals surface area contributed by atoms with E-state index in [0.29, 0.717) is 48.6 Å². The number of carbonyl (C=O) groups excluding carboxylic acids is 2. The molecule has 0 radical (unpaired) electrons. The molecule has 1 atom stereocenters. The van der Waals surface area contributed by atoms with Crippen molar-refractivity contribution in [3.63, 3.8) is 0 Å². The Hall–Kier alpha value is -5.79. The first kappa shape index (κ1) is 29.9. The molecule has 2 saturated heterocycles. The van der Waals surface area contributed by atoms with Gasteiger partial charge in [-0.05, 0) is 55.3 Å². The van der Waals surface area contributed by atoms with Gasteiger partial charge in [0.15, 0.2) is 11.5 Å². The number of hydrogen-bond donors (Lipinski definition) is 2. The van der Waals surface area contributed by atoms with Gasteiger partial charge >= 0.3 is 0 Å². The molecule has 0 aliphatic carbocycles. The number of carbonyl (C=O) groups is 2. The fraction of sp³-hybridized carbons (Fsp3) is 0.273. The number of amides is 2. The Bertz CT molecular complexity index is 2080. The molecule has 0 unspecified atom stereocenters. The van der Waals surface area contributed by atoms with Crippen molar-refractivity contribution in [1.82, 2.24) is 29.2 Å². The van der Waals surface area contributed by atoms with Gasteiger partial charge in [0.1, 0.15) is 28.8 Å².